The zero-order valence-corrected chi connectivity index (χ0v) is 13.3. The second-order valence-electron chi connectivity index (χ2n) is 4.36. The lowest BCUT2D eigenvalue weighted by Crippen LogP contribution is -2.24. The quantitative estimate of drug-likeness (QED) is 0.894. The normalized spacial score (nSPS) is 10.5. The van der Waals surface area contributed by atoms with Gasteiger partial charge in [-0.05, 0) is 23.8 Å². The van der Waals surface area contributed by atoms with E-state index in [4.69, 9.17) is 17.3 Å². The van der Waals surface area contributed by atoms with Crippen LogP contribution in [0.2, 0.25) is 5.15 Å². The summed E-state index contributed by atoms with van der Waals surface area (Å²) in [4.78, 5) is 13.1. The predicted molar refractivity (Wildman–Crippen MR) is 81.8 cm³/mol. The molecule has 0 saturated carbocycles. The van der Waals surface area contributed by atoms with Crippen LogP contribution in [0.4, 0.5) is 10.2 Å². The molecular formula is C13H11BrClFN4O. The van der Waals surface area contributed by atoms with Crippen molar-refractivity contribution in [3.63, 3.8) is 0 Å². The Morgan fingerprint density at radius 2 is 2.14 bits per heavy atom. The number of benzene rings is 1. The van der Waals surface area contributed by atoms with Gasteiger partial charge in [0.25, 0.3) is 5.91 Å². The fourth-order valence-corrected chi connectivity index (χ4v) is 2.43. The third-order valence-corrected chi connectivity index (χ3v) is 3.72. The molecule has 0 aliphatic carbocycles. The molecule has 2 rings (SSSR count). The summed E-state index contributed by atoms with van der Waals surface area (Å²) in [5.41, 5.74) is 6.32. The molecular weight excluding hydrogens is 363 g/mol. The molecule has 0 spiro atoms. The molecule has 0 bridgehead atoms. The molecule has 1 aromatic heterocycles. The van der Waals surface area contributed by atoms with E-state index < -0.39 is 5.91 Å². The highest BCUT2D eigenvalue weighted by Gasteiger charge is 2.16. The highest BCUT2D eigenvalue weighted by atomic mass is 79.9. The lowest BCUT2D eigenvalue weighted by Gasteiger charge is -2.20. The monoisotopic (exact) mass is 372 g/mol. The Labute approximate surface area is 134 Å². The van der Waals surface area contributed by atoms with Crippen molar-refractivity contribution >= 4 is 39.3 Å². The Hall–Kier alpha value is -1.73. The number of amides is 1. The molecule has 1 heterocycles. The Balaban J connectivity index is 2.32. The maximum absolute atomic E-state index is 13.1. The van der Waals surface area contributed by atoms with Crippen molar-refractivity contribution in [2.45, 2.75) is 6.54 Å². The predicted octanol–water partition coefficient (Wildman–Crippen LogP) is 2.77. The van der Waals surface area contributed by atoms with E-state index in [-0.39, 0.29) is 16.5 Å². The minimum Gasteiger partial charge on any atom is -0.365 e. The number of hydrogen-bond donors (Lipinski definition) is 1. The van der Waals surface area contributed by atoms with Gasteiger partial charge in [-0.3, -0.25) is 4.79 Å². The summed E-state index contributed by atoms with van der Waals surface area (Å²) < 4.78 is 13.7. The van der Waals surface area contributed by atoms with Gasteiger partial charge < -0.3 is 10.6 Å². The van der Waals surface area contributed by atoms with E-state index in [0.717, 1.165) is 5.56 Å². The molecule has 0 aliphatic heterocycles. The standard InChI is InChI=1S/C13H11BrClFN4O/c1-20(6-7-2-3-8(16)4-10(7)14)13-9(12(17)21)5-11(15)18-19-13/h2-5H,6H2,1H3,(H2,17,21). The van der Waals surface area contributed by atoms with Crippen molar-refractivity contribution in [3.05, 3.63) is 50.8 Å². The average Bonchev–Trinajstić information content (AvgIpc) is 2.41. The van der Waals surface area contributed by atoms with Gasteiger partial charge in [0, 0.05) is 18.1 Å². The Bertz CT molecular complexity index is 698. The van der Waals surface area contributed by atoms with Crippen molar-refractivity contribution in [1.82, 2.24) is 10.2 Å². The van der Waals surface area contributed by atoms with E-state index in [2.05, 4.69) is 26.1 Å². The molecule has 5 nitrogen and oxygen atoms in total. The smallest absolute Gasteiger partial charge is 0.252 e. The first kappa shape index (κ1) is 15.7. The largest absolute Gasteiger partial charge is 0.365 e. The molecule has 0 unspecified atom stereocenters. The van der Waals surface area contributed by atoms with Crippen molar-refractivity contribution in [3.8, 4) is 0 Å². The average molecular weight is 374 g/mol. The molecule has 1 aromatic carbocycles. The lowest BCUT2D eigenvalue weighted by molar-refractivity contribution is 0.1000. The lowest BCUT2D eigenvalue weighted by atomic mass is 10.2. The fourth-order valence-electron chi connectivity index (χ4n) is 1.81. The van der Waals surface area contributed by atoms with E-state index >= 15 is 0 Å². The Morgan fingerprint density at radius 3 is 2.76 bits per heavy atom. The molecule has 0 fully saturated rings. The van der Waals surface area contributed by atoms with Crippen LogP contribution in [0.25, 0.3) is 0 Å². The van der Waals surface area contributed by atoms with Crippen molar-refractivity contribution < 1.29 is 9.18 Å². The van der Waals surface area contributed by atoms with Gasteiger partial charge in [-0.1, -0.05) is 33.6 Å². The summed E-state index contributed by atoms with van der Waals surface area (Å²) >= 11 is 9.01. The van der Waals surface area contributed by atoms with E-state index in [1.807, 2.05) is 0 Å². The zero-order chi connectivity index (χ0) is 15.6. The topological polar surface area (TPSA) is 72.1 Å². The van der Waals surface area contributed by atoms with Gasteiger partial charge in [-0.2, -0.15) is 0 Å². The highest BCUT2D eigenvalue weighted by molar-refractivity contribution is 9.10. The molecule has 0 radical (unpaired) electrons. The first-order valence-corrected chi connectivity index (χ1v) is 7.03. The maximum Gasteiger partial charge on any atom is 0.252 e. The van der Waals surface area contributed by atoms with Gasteiger partial charge in [-0.25, -0.2) is 4.39 Å². The number of rotatable bonds is 4. The third kappa shape index (κ3) is 3.68. The molecule has 110 valence electrons. The number of halogens is 3. The first-order valence-electron chi connectivity index (χ1n) is 5.86. The van der Waals surface area contributed by atoms with Crippen LogP contribution in [0.3, 0.4) is 0 Å². The number of hydrogen-bond acceptors (Lipinski definition) is 4. The number of carbonyl (C=O) groups is 1. The number of carbonyl (C=O) groups excluding carboxylic acids is 1. The van der Waals surface area contributed by atoms with E-state index in [9.17, 15) is 9.18 Å². The Morgan fingerprint density at radius 1 is 1.43 bits per heavy atom. The molecule has 0 atom stereocenters. The van der Waals surface area contributed by atoms with Crippen LogP contribution >= 0.6 is 27.5 Å². The van der Waals surface area contributed by atoms with Crippen LogP contribution in [-0.4, -0.2) is 23.2 Å². The summed E-state index contributed by atoms with van der Waals surface area (Å²) in [6.07, 6.45) is 0. The highest BCUT2D eigenvalue weighted by Crippen LogP contribution is 2.23. The fraction of sp³-hybridized carbons (Fsp3) is 0.154. The maximum atomic E-state index is 13.1. The second kappa shape index (κ2) is 6.36. The van der Waals surface area contributed by atoms with Crippen molar-refractivity contribution in [2.75, 3.05) is 11.9 Å². The van der Waals surface area contributed by atoms with E-state index in [0.29, 0.717) is 16.8 Å². The molecule has 2 N–H and O–H groups in total. The van der Waals surface area contributed by atoms with Gasteiger partial charge in [-0.15, -0.1) is 10.2 Å². The molecule has 21 heavy (non-hydrogen) atoms. The van der Waals surface area contributed by atoms with E-state index in [1.54, 1.807) is 18.0 Å². The van der Waals surface area contributed by atoms with Gasteiger partial charge in [0.05, 0.1) is 5.56 Å². The summed E-state index contributed by atoms with van der Waals surface area (Å²) in [7, 11) is 1.72. The van der Waals surface area contributed by atoms with Crippen LogP contribution in [-0.2, 0) is 6.54 Å². The van der Waals surface area contributed by atoms with Crippen LogP contribution in [0.1, 0.15) is 15.9 Å². The minimum atomic E-state index is -0.646. The van der Waals surface area contributed by atoms with E-state index in [1.165, 1.54) is 18.2 Å². The number of primary amides is 1. The summed E-state index contributed by atoms with van der Waals surface area (Å²) in [5, 5.41) is 7.70. The number of aromatic nitrogens is 2. The minimum absolute atomic E-state index is 0.0870. The van der Waals surface area contributed by atoms with Crippen LogP contribution in [0.5, 0.6) is 0 Å². The SMILES string of the molecule is CN(Cc1ccc(F)cc1Br)c1nnc(Cl)cc1C(N)=O. The molecule has 2 aromatic rings. The summed E-state index contributed by atoms with van der Waals surface area (Å²) in [5.74, 6) is -0.674. The zero-order valence-electron chi connectivity index (χ0n) is 11.0. The molecule has 1 amide bonds. The number of anilines is 1. The van der Waals surface area contributed by atoms with Crippen LogP contribution in [0.15, 0.2) is 28.7 Å². The van der Waals surface area contributed by atoms with Gasteiger partial charge >= 0.3 is 0 Å². The third-order valence-electron chi connectivity index (χ3n) is 2.79. The number of nitrogens with two attached hydrogens (primary N) is 1. The van der Waals surface area contributed by atoms with Crippen LogP contribution < -0.4 is 10.6 Å². The summed E-state index contributed by atoms with van der Waals surface area (Å²) in [6, 6.07) is 5.73. The van der Waals surface area contributed by atoms with Gasteiger partial charge in [0.2, 0.25) is 0 Å². The summed E-state index contributed by atoms with van der Waals surface area (Å²) in [6.45, 7) is 0.386. The molecule has 0 aliphatic rings. The van der Waals surface area contributed by atoms with Gasteiger partial charge in [0.1, 0.15) is 5.82 Å². The first-order chi connectivity index (χ1) is 9.88. The van der Waals surface area contributed by atoms with Gasteiger partial charge in [0.15, 0.2) is 11.0 Å². The van der Waals surface area contributed by atoms with Crippen molar-refractivity contribution in [2.24, 2.45) is 5.73 Å². The second-order valence-corrected chi connectivity index (χ2v) is 5.60. The Kier molecular flexibility index (Phi) is 4.74. The van der Waals surface area contributed by atoms with Crippen LogP contribution in [0, 0.1) is 5.82 Å². The molecule has 8 heteroatoms. The molecule has 0 saturated heterocycles. The van der Waals surface area contributed by atoms with Crippen molar-refractivity contribution in [1.29, 1.82) is 0 Å². The number of nitrogens with zero attached hydrogens (tertiary/aromatic N) is 3.